The number of halogens is 1. The predicted octanol–water partition coefficient (Wildman–Crippen LogP) is 3.77. The van der Waals surface area contributed by atoms with Crippen molar-refractivity contribution in [1.82, 2.24) is 24.9 Å². The quantitative estimate of drug-likeness (QED) is 0.485. The van der Waals surface area contributed by atoms with E-state index >= 15 is 0 Å². The zero-order valence-electron chi connectivity index (χ0n) is 18.2. The van der Waals surface area contributed by atoms with Crippen LogP contribution < -0.4 is 10.9 Å². The summed E-state index contributed by atoms with van der Waals surface area (Å²) in [5, 5.41) is 13.0. The molecule has 1 N–H and O–H groups in total. The number of fused-ring (bicyclic) bond motifs is 1. The van der Waals surface area contributed by atoms with E-state index < -0.39 is 6.04 Å². The van der Waals surface area contributed by atoms with Gasteiger partial charge in [0, 0.05) is 11.6 Å². The van der Waals surface area contributed by atoms with Crippen LogP contribution in [-0.2, 0) is 11.2 Å². The monoisotopic (exact) mass is 449 g/mol. The van der Waals surface area contributed by atoms with Crippen LogP contribution in [0.4, 0.5) is 0 Å². The summed E-state index contributed by atoms with van der Waals surface area (Å²) in [5.41, 5.74) is 3.45. The summed E-state index contributed by atoms with van der Waals surface area (Å²) in [6.45, 7) is 5.77. The van der Waals surface area contributed by atoms with Gasteiger partial charge in [0.25, 0.3) is 5.56 Å². The Morgan fingerprint density at radius 1 is 1.06 bits per heavy atom. The van der Waals surface area contributed by atoms with Crippen molar-refractivity contribution in [3.8, 4) is 5.69 Å². The van der Waals surface area contributed by atoms with E-state index in [9.17, 15) is 9.59 Å². The number of aromatic nitrogens is 4. The number of rotatable bonds is 6. The molecule has 0 fully saturated rings. The minimum absolute atomic E-state index is 0.264. The molecule has 0 aliphatic carbocycles. The number of para-hydroxylation sites is 1. The number of hydrogen-bond acceptors (Lipinski definition) is 4. The van der Waals surface area contributed by atoms with Crippen LogP contribution in [0.3, 0.4) is 0 Å². The molecule has 0 saturated heterocycles. The molecule has 2 aromatic carbocycles. The van der Waals surface area contributed by atoms with Crippen molar-refractivity contribution < 1.29 is 4.79 Å². The van der Waals surface area contributed by atoms with Gasteiger partial charge in [-0.05, 0) is 57.0 Å². The zero-order chi connectivity index (χ0) is 22.8. The molecule has 0 saturated carbocycles. The highest BCUT2D eigenvalue weighted by molar-refractivity contribution is 6.30. The standard InChI is InChI=1S/C24H24ClN5O2/c1-15-22-21(16(2)29(28-22)20-7-5-4-6-8-20)24(32)30(27-15)17(3)23(31)26-14-13-18-9-11-19(25)12-10-18/h4-12,17H,13-14H2,1-3H3,(H,26,31)/t17-/m0/s1. The second-order valence-corrected chi connectivity index (χ2v) is 8.17. The highest BCUT2D eigenvalue weighted by Crippen LogP contribution is 2.20. The van der Waals surface area contributed by atoms with Crippen LogP contribution in [0, 0.1) is 13.8 Å². The molecule has 2 heterocycles. The second-order valence-electron chi connectivity index (χ2n) is 7.73. The van der Waals surface area contributed by atoms with E-state index in [0.717, 1.165) is 11.3 Å². The van der Waals surface area contributed by atoms with Crippen molar-refractivity contribution in [2.24, 2.45) is 0 Å². The van der Waals surface area contributed by atoms with Gasteiger partial charge in [-0.25, -0.2) is 9.36 Å². The predicted molar refractivity (Wildman–Crippen MR) is 125 cm³/mol. The van der Waals surface area contributed by atoms with E-state index in [1.54, 1.807) is 18.5 Å². The minimum Gasteiger partial charge on any atom is -0.354 e. The molecule has 7 nitrogen and oxygen atoms in total. The summed E-state index contributed by atoms with van der Waals surface area (Å²) in [5.74, 6) is -0.264. The first kappa shape index (κ1) is 21.8. The molecular weight excluding hydrogens is 426 g/mol. The van der Waals surface area contributed by atoms with Gasteiger partial charge in [0.1, 0.15) is 11.6 Å². The Hall–Kier alpha value is -3.45. The van der Waals surface area contributed by atoms with Crippen molar-refractivity contribution in [2.45, 2.75) is 33.2 Å². The molecular formula is C24H24ClN5O2. The summed E-state index contributed by atoms with van der Waals surface area (Å²) in [6, 6.07) is 16.4. The highest BCUT2D eigenvalue weighted by Gasteiger charge is 2.23. The van der Waals surface area contributed by atoms with Crippen molar-refractivity contribution in [2.75, 3.05) is 6.54 Å². The van der Waals surface area contributed by atoms with Gasteiger partial charge in [-0.1, -0.05) is 41.9 Å². The smallest absolute Gasteiger partial charge is 0.278 e. The Bertz CT molecular complexity index is 1330. The molecule has 4 aromatic rings. The van der Waals surface area contributed by atoms with E-state index in [4.69, 9.17) is 11.6 Å². The summed E-state index contributed by atoms with van der Waals surface area (Å²) < 4.78 is 2.99. The fraction of sp³-hybridized carbons (Fsp3) is 0.250. The molecule has 164 valence electrons. The van der Waals surface area contributed by atoms with Crippen LogP contribution in [0.1, 0.15) is 29.9 Å². The van der Waals surface area contributed by atoms with E-state index in [0.29, 0.717) is 40.3 Å². The molecule has 1 atom stereocenters. The Kier molecular flexibility index (Phi) is 6.10. The average molecular weight is 450 g/mol. The summed E-state index contributed by atoms with van der Waals surface area (Å²) in [6.07, 6.45) is 0.666. The number of amides is 1. The lowest BCUT2D eigenvalue weighted by Gasteiger charge is -2.15. The number of nitrogens with one attached hydrogen (secondary N) is 1. The Balaban J connectivity index is 1.58. The fourth-order valence-electron chi connectivity index (χ4n) is 3.70. The number of carbonyl (C=O) groups is 1. The molecule has 2 aromatic heterocycles. The fourth-order valence-corrected chi connectivity index (χ4v) is 3.83. The third-order valence-electron chi connectivity index (χ3n) is 5.51. The Morgan fingerprint density at radius 3 is 2.44 bits per heavy atom. The number of benzene rings is 2. The van der Waals surface area contributed by atoms with E-state index in [2.05, 4.69) is 15.5 Å². The first-order chi connectivity index (χ1) is 15.4. The molecule has 8 heteroatoms. The van der Waals surface area contributed by atoms with Crippen LogP contribution in [0.2, 0.25) is 5.02 Å². The van der Waals surface area contributed by atoms with Gasteiger partial charge in [0.05, 0.1) is 22.5 Å². The maximum Gasteiger partial charge on any atom is 0.278 e. The maximum atomic E-state index is 13.3. The van der Waals surface area contributed by atoms with Gasteiger partial charge < -0.3 is 5.32 Å². The molecule has 0 bridgehead atoms. The van der Waals surface area contributed by atoms with E-state index in [-0.39, 0.29) is 11.5 Å². The van der Waals surface area contributed by atoms with Crippen LogP contribution in [0.15, 0.2) is 59.4 Å². The van der Waals surface area contributed by atoms with Crippen LogP contribution >= 0.6 is 11.6 Å². The first-order valence-electron chi connectivity index (χ1n) is 10.4. The minimum atomic E-state index is -0.754. The van der Waals surface area contributed by atoms with E-state index in [1.807, 2.05) is 61.5 Å². The molecule has 0 unspecified atom stereocenters. The normalized spacial score (nSPS) is 12.1. The lowest BCUT2D eigenvalue weighted by molar-refractivity contribution is -0.124. The van der Waals surface area contributed by atoms with Crippen LogP contribution in [0.25, 0.3) is 16.6 Å². The Morgan fingerprint density at radius 2 is 1.75 bits per heavy atom. The molecule has 4 rings (SSSR count). The first-order valence-corrected chi connectivity index (χ1v) is 10.8. The molecule has 1 amide bonds. The van der Waals surface area contributed by atoms with E-state index in [1.165, 1.54) is 4.68 Å². The van der Waals surface area contributed by atoms with Crippen molar-refractivity contribution in [3.63, 3.8) is 0 Å². The number of hydrogen-bond donors (Lipinski definition) is 1. The van der Waals surface area contributed by atoms with Gasteiger partial charge in [0.2, 0.25) is 5.91 Å². The summed E-state index contributed by atoms with van der Waals surface area (Å²) in [7, 11) is 0. The molecule has 0 spiro atoms. The van der Waals surface area contributed by atoms with Gasteiger partial charge in [-0.2, -0.15) is 10.2 Å². The van der Waals surface area contributed by atoms with Gasteiger partial charge in [-0.3, -0.25) is 9.59 Å². The van der Waals surface area contributed by atoms with Crippen LogP contribution in [0.5, 0.6) is 0 Å². The summed E-state index contributed by atoms with van der Waals surface area (Å²) >= 11 is 5.91. The number of aryl methyl sites for hydroxylation is 2. The molecule has 0 aliphatic heterocycles. The van der Waals surface area contributed by atoms with Gasteiger partial charge in [-0.15, -0.1) is 0 Å². The lowest BCUT2D eigenvalue weighted by Crippen LogP contribution is -2.38. The SMILES string of the molecule is Cc1nn([C@@H](C)C(=O)NCCc2ccc(Cl)cc2)c(=O)c2c(C)n(-c3ccccc3)nc12. The van der Waals surface area contributed by atoms with Gasteiger partial charge >= 0.3 is 0 Å². The number of carbonyl (C=O) groups excluding carboxylic acids is 1. The maximum absolute atomic E-state index is 13.3. The van der Waals surface area contributed by atoms with Crippen molar-refractivity contribution in [1.29, 1.82) is 0 Å². The number of nitrogens with zero attached hydrogens (tertiary/aromatic N) is 4. The second kappa shape index (κ2) is 8.96. The van der Waals surface area contributed by atoms with Crippen molar-refractivity contribution >= 4 is 28.4 Å². The topological polar surface area (TPSA) is 81.8 Å². The average Bonchev–Trinajstić information content (AvgIpc) is 3.15. The Labute approximate surface area is 190 Å². The lowest BCUT2D eigenvalue weighted by atomic mass is 10.1. The third kappa shape index (κ3) is 4.16. The third-order valence-corrected chi connectivity index (χ3v) is 5.76. The zero-order valence-corrected chi connectivity index (χ0v) is 18.9. The van der Waals surface area contributed by atoms with Crippen LogP contribution in [-0.4, -0.2) is 32.0 Å². The van der Waals surface area contributed by atoms with Gasteiger partial charge in [0.15, 0.2) is 0 Å². The summed E-state index contributed by atoms with van der Waals surface area (Å²) in [4.78, 5) is 26.0. The molecule has 0 aliphatic rings. The molecule has 32 heavy (non-hydrogen) atoms. The largest absolute Gasteiger partial charge is 0.354 e. The molecule has 0 radical (unpaired) electrons. The highest BCUT2D eigenvalue weighted by atomic mass is 35.5. The van der Waals surface area contributed by atoms with Crippen molar-refractivity contribution in [3.05, 3.63) is 86.9 Å².